The normalized spacial score (nSPS) is 51.1. The standard InChI is InChI=1S/C48H80N2O35/c1-3-19(56)49-5-12-35-22(59)29(66)43(73-12)82-38-15(8-52)77-47(33(70)26(38)63)85-41-18(11-55)78-48(34(71)27(41)64)84-40-17(10-54)75-45(31(68)24(40)61)80-36-13(6-50-20(57)4-2)72-42(28(65)21(36)58)81-37-14(7-51)76-46(32(69)25(37)62)83-39-16(9-53)74-44(79-35)30(67)23(39)60/h12-18,21-48,51-55,58-71H,3-11H2,1-2H3,(H,49,56)(H,50,57). The van der Waals surface area contributed by atoms with Crippen molar-refractivity contribution in [2.24, 2.45) is 0 Å². The highest BCUT2D eigenvalue weighted by Gasteiger charge is 2.59. The first-order valence-electron chi connectivity index (χ1n) is 27.7. The van der Waals surface area contributed by atoms with Crippen LogP contribution in [0.2, 0.25) is 0 Å². The average molecular weight is 1250 g/mol. The van der Waals surface area contributed by atoms with E-state index in [0.717, 1.165) is 0 Å². The van der Waals surface area contributed by atoms with Crippen LogP contribution in [0, 0.1) is 0 Å². The lowest BCUT2D eigenvalue weighted by molar-refractivity contribution is -0.395. The maximum atomic E-state index is 12.5. The van der Waals surface area contributed by atoms with E-state index in [4.69, 9.17) is 66.3 Å². The first-order chi connectivity index (χ1) is 40.4. The third kappa shape index (κ3) is 14.4. The van der Waals surface area contributed by atoms with Crippen molar-refractivity contribution < 1.29 is 173 Å². The number of amides is 2. The van der Waals surface area contributed by atoms with Crippen molar-refractivity contribution in [2.75, 3.05) is 46.1 Å². The highest BCUT2D eigenvalue weighted by molar-refractivity contribution is 5.75. The van der Waals surface area contributed by atoms with Gasteiger partial charge in [0.05, 0.1) is 33.0 Å². The lowest BCUT2D eigenvalue weighted by atomic mass is 9.95. The molecular formula is C48H80N2O35. The fraction of sp³-hybridized carbons (Fsp3) is 0.958. The second kappa shape index (κ2) is 29.7. The molecule has 21 N–H and O–H groups in total. The highest BCUT2D eigenvalue weighted by atomic mass is 16.8. The Labute approximate surface area is 482 Å². The third-order valence-electron chi connectivity index (χ3n) is 16.1. The van der Waals surface area contributed by atoms with Crippen LogP contribution < -0.4 is 10.6 Å². The van der Waals surface area contributed by atoms with Gasteiger partial charge in [-0.05, 0) is 0 Å². The van der Waals surface area contributed by atoms with Crippen LogP contribution in [0.1, 0.15) is 26.7 Å². The van der Waals surface area contributed by atoms with E-state index in [1.165, 1.54) is 13.8 Å². The first-order valence-corrected chi connectivity index (χ1v) is 27.7. The van der Waals surface area contributed by atoms with Crippen molar-refractivity contribution in [1.82, 2.24) is 10.6 Å². The van der Waals surface area contributed by atoms with Gasteiger partial charge in [-0.2, -0.15) is 0 Å². The molecule has 35 unspecified atom stereocenters. The Balaban J connectivity index is 1.11. The zero-order chi connectivity index (χ0) is 62.0. The summed E-state index contributed by atoms with van der Waals surface area (Å²) in [5.74, 6) is -1.16. The summed E-state index contributed by atoms with van der Waals surface area (Å²) in [5, 5.41) is 218. The molecule has 35 atom stereocenters. The summed E-state index contributed by atoms with van der Waals surface area (Å²) in [6.45, 7) is -3.44. The molecule has 21 heterocycles. The lowest BCUT2D eigenvalue weighted by Gasteiger charge is -2.50. The Morgan fingerprint density at radius 2 is 0.412 bits per heavy atom. The van der Waals surface area contributed by atoms with E-state index in [9.17, 15) is 107 Å². The van der Waals surface area contributed by atoms with E-state index < -0.39 is 273 Å². The van der Waals surface area contributed by atoms with E-state index >= 15 is 0 Å². The number of aliphatic hydroxyl groups excluding tert-OH is 19. The zero-order valence-electron chi connectivity index (χ0n) is 45.6. The van der Waals surface area contributed by atoms with Crippen LogP contribution in [0.15, 0.2) is 0 Å². The molecule has 0 aromatic carbocycles. The van der Waals surface area contributed by atoms with E-state index in [1.54, 1.807) is 0 Å². The van der Waals surface area contributed by atoms with Crippen LogP contribution in [0.25, 0.3) is 0 Å². The number of carbonyl (C=O) groups excluding carboxylic acids is 2. The fourth-order valence-electron chi connectivity index (χ4n) is 11.1. The van der Waals surface area contributed by atoms with Gasteiger partial charge in [-0.1, -0.05) is 13.8 Å². The molecule has 21 rings (SSSR count). The van der Waals surface area contributed by atoms with Gasteiger partial charge < -0.3 is 174 Å². The van der Waals surface area contributed by atoms with E-state index in [-0.39, 0.29) is 12.8 Å². The predicted molar refractivity (Wildman–Crippen MR) is 261 cm³/mol. The molecule has 14 bridgehead atoms. The highest BCUT2D eigenvalue weighted by Crippen LogP contribution is 2.39. The van der Waals surface area contributed by atoms with Crippen molar-refractivity contribution >= 4 is 11.8 Å². The maximum absolute atomic E-state index is 12.5. The van der Waals surface area contributed by atoms with Crippen LogP contribution in [0.4, 0.5) is 0 Å². The smallest absolute Gasteiger partial charge is 0.219 e. The number of aliphatic hydroxyl groups is 19. The van der Waals surface area contributed by atoms with Crippen molar-refractivity contribution in [2.45, 2.75) is 242 Å². The number of hydrogen-bond donors (Lipinski definition) is 21. The molecule has 0 spiro atoms. The maximum Gasteiger partial charge on any atom is 0.219 e. The quantitative estimate of drug-likeness (QED) is 0.0913. The minimum absolute atomic E-state index is 0.0829. The molecule has 0 aliphatic carbocycles. The summed E-state index contributed by atoms with van der Waals surface area (Å²) >= 11 is 0. The Bertz CT molecular complexity index is 2090. The van der Waals surface area contributed by atoms with E-state index in [1.807, 2.05) is 0 Å². The van der Waals surface area contributed by atoms with Gasteiger partial charge in [0.25, 0.3) is 0 Å². The van der Waals surface area contributed by atoms with Crippen molar-refractivity contribution in [1.29, 1.82) is 0 Å². The average Bonchev–Trinajstić information content (AvgIpc) is 2.86. The monoisotopic (exact) mass is 1240 g/mol. The van der Waals surface area contributed by atoms with Gasteiger partial charge in [-0.3, -0.25) is 9.59 Å². The molecule has 0 aromatic heterocycles. The van der Waals surface area contributed by atoms with Crippen molar-refractivity contribution in [3.8, 4) is 0 Å². The molecule has 0 saturated carbocycles. The van der Waals surface area contributed by atoms with Gasteiger partial charge in [-0.25, -0.2) is 0 Å². The van der Waals surface area contributed by atoms with Crippen LogP contribution in [0.5, 0.6) is 0 Å². The minimum Gasteiger partial charge on any atom is -0.394 e. The molecule has 21 aliphatic rings. The number of carbonyl (C=O) groups is 2. The van der Waals surface area contributed by atoms with Gasteiger partial charge in [0.15, 0.2) is 44.0 Å². The molecular weight excluding hydrogens is 1160 g/mol. The van der Waals surface area contributed by atoms with Gasteiger partial charge >= 0.3 is 0 Å². The van der Waals surface area contributed by atoms with Crippen molar-refractivity contribution in [3.05, 3.63) is 0 Å². The molecule has 21 fully saturated rings. The molecule has 2 amide bonds. The van der Waals surface area contributed by atoms with Gasteiger partial charge in [0.2, 0.25) is 11.8 Å². The van der Waals surface area contributed by atoms with Gasteiger partial charge in [0, 0.05) is 25.9 Å². The second-order valence-corrected chi connectivity index (χ2v) is 21.6. The fourth-order valence-corrected chi connectivity index (χ4v) is 11.1. The summed E-state index contributed by atoms with van der Waals surface area (Å²) < 4.78 is 81.4. The first kappa shape index (κ1) is 68.5. The summed E-state index contributed by atoms with van der Waals surface area (Å²) in [4.78, 5) is 25.0. The molecule has 21 aliphatic heterocycles. The number of rotatable bonds is 11. The number of hydrogen-bond acceptors (Lipinski definition) is 35. The number of ether oxygens (including phenoxy) is 14. The summed E-state index contributed by atoms with van der Waals surface area (Å²) in [5.41, 5.74) is 0. The Kier molecular flexibility index (Phi) is 24.0. The van der Waals surface area contributed by atoms with Crippen molar-refractivity contribution in [3.63, 3.8) is 0 Å². The molecule has 21 saturated heterocycles. The number of nitrogens with one attached hydrogen (secondary N) is 2. The van der Waals surface area contributed by atoms with Crippen LogP contribution >= 0.6 is 0 Å². The molecule has 0 radical (unpaired) electrons. The molecule has 37 heteroatoms. The largest absolute Gasteiger partial charge is 0.394 e. The SMILES string of the molecule is CCC(=O)NCC1OC2OC3C(CO)OC(OC4C(CO)OC(OC5C(CNC(=O)CC)OC(OC6C(CO)OC(OC7C(CO)OC(OC8C(CO)OC(OC1C(O)C2O)C(O)C8O)C(O)C7O)C(O)C6O)C(O)C5O)C(O)C4O)C(O)C3O. The summed E-state index contributed by atoms with van der Waals surface area (Å²) in [7, 11) is 0. The summed E-state index contributed by atoms with van der Waals surface area (Å²) in [6.07, 6.45) is -70.7. The Hall–Kier alpha value is -2.38. The third-order valence-corrected chi connectivity index (χ3v) is 16.1. The summed E-state index contributed by atoms with van der Waals surface area (Å²) in [6, 6.07) is 0. The second-order valence-electron chi connectivity index (χ2n) is 21.6. The van der Waals surface area contributed by atoms with Gasteiger partial charge in [0.1, 0.15) is 171 Å². The predicted octanol–water partition coefficient (Wildman–Crippen LogP) is -14.2. The van der Waals surface area contributed by atoms with Crippen LogP contribution in [0.3, 0.4) is 0 Å². The van der Waals surface area contributed by atoms with Crippen LogP contribution in [-0.2, 0) is 75.9 Å². The Morgan fingerprint density at radius 1 is 0.259 bits per heavy atom. The zero-order valence-corrected chi connectivity index (χ0v) is 45.6. The van der Waals surface area contributed by atoms with Gasteiger partial charge in [-0.15, -0.1) is 0 Å². The lowest BCUT2D eigenvalue weighted by Crippen LogP contribution is -2.68. The molecule has 492 valence electrons. The topological polar surface area (TPSA) is 572 Å². The Morgan fingerprint density at radius 3 is 0.565 bits per heavy atom. The van der Waals surface area contributed by atoms with E-state index in [0.29, 0.717) is 0 Å². The van der Waals surface area contributed by atoms with E-state index in [2.05, 4.69) is 10.6 Å². The van der Waals surface area contributed by atoms with Crippen LogP contribution in [-0.4, -0.2) is 370 Å². The minimum atomic E-state index is -2.23. The molecule has 37 nitrogen and oxygen atoms in total. The molecule has 85 heavy (non-hydrogen) atoms. The molecule has 0 aromatic rings.